The van der Waals surface area contributed by atoms with E-state index in [0.29, 0.717) is 13.0 Å². The van der Waals surface area contributed by atoms with Crippen LogP contribution < -0.4 is 0 Å². The molecule has 16 heavy (non-hydrogen) atoms. The Bertz CT molecular complexity index is 374. The predicted octanol–water partition coefficient (Wildman–Crippen LogP) is 1.94. The van der Waals surface area contributed by atoms with Gasteiger partial charge in [-0.3, -0.25) is 9.78 Å². The maximum absolute atomic E-state index is 11.1. The largest absolute Gasteiger partial charge is 0.481 e. The summed E-state index contributed by atoms with van der Waals surface area (Å²) in [5.74, 6) is -1.23. The Hall–Kier alpha value is -1.42. The number of carboxylic acid groups (broad SMARTS) is 1. The van der Waals surface area contributed by atoms with Gasteiger partial charge in [-0.2, -0.15) is 0 Å². The van der Waals surface area contributed by atoms with Crippen LogP contribution in [0.5, 0.6) is 0 Å². The second-order valence-corrected chi connectivity index (χ2v) is 4.11. The van der Waals surface area contributed by atoms with Crippen LogP contribution in [0.2, 0.25) is 0 Å². The zero-order valence-electron chi connectivity index (χ0n) is 9.22. The molecule has 2 rings (SSSR count). The van der Waals surface area contributed by atoms with E-state index in [1.165, 1.54) is 0 Å². The van der Waals surface area contributed by atoms with Crippen molar-refractivity contribution in [2.75, 3.05) is 6.61 Å². The summed E-state index contributed by atoms with van der Waals surface area (Å²) in [4.78, 5) is 15.3. The van der Waals surface area contributed by atoms with Crippen LogP contribution in [0.3, 0.4) is 0 Å². The minimum atomic E-state index is -0.787. The fourth-order valence-electron chi connectivity index (χ4n) is 2.01. The predicted molar refractivity (Wildman–Crippen MR) is 58.0 cm³/mol. The Labute approximate surface area is 94.3 Å². The second kappa shape index (κ2) is 4.61. The molecule has 0 radical (unpaired) electrons. The van der Waals surface area contributed by atoms with Gasteiger partial charge in [0, 0.05) is 18.5 Å². The highest BCUT2D eigenvalue weighted by molar-refractivity contribution is 5.71. The SMILES string of the molecule is Cc1ccc(C2OCCCC2C(=O)O)cn1. The van der Waals surface area contributed by atoms with Gasteiger partial charge in [-0.1, -0.05) is 6.07 Å². The van der Waals surface area contributed by atoms with Crippen molar-refractivity contribution >= 4 is 5.97 Å². The molecule has 1 fully saturated rings. The zero-order valence-corrected chi connectivity index (χ0v) is 9.22. The van der Waals surface area contributed by atoms with Gasteiger partial charge < -0.3 is 9.84 Å². The Morgan fingerprint density at radius 2 is 2.38 bits per heavy atom. The molecule has 0 amide bonds. The maximum Gasteiger partial charge on any atom is 0.309 e. The molecule has 2 atom stereocenters. The zero-order chi connectivity index (χ0) is 11.5. The van der Waals surface area contributed by atoms with Crippen LogP contribution in [0.4, 0.5) is 0 Å². The van der Waals surface area contributed by atoms with Gasteiger partial charge in [0.05, 0.1) is 12.0 Å². The van der Waals surface area contributed by atoms with Crippen LogP contribution in [0.25, 0.3) is 0 Å². The summed E-state index contributed by atoms with van der Waals surface area (Å²) in [5.41, 5.74) is 1.78. The minimum absolute atomic E-state index is 0.348. The monoisotopic (exact) mass is 221 g/mol. The van der Waals surface area contributed by atoms with E-state index in [1.54, 1.807) is 6.20 Å². The van der Waals surface area contributed by atoms with E-state index in [0.717, 1.165) is 17.7 Å². The third kappa shape index (κ3) is 2.22. The van der Waals surface area contributed by atoms with Gasteiger partial charge in [-0.05, 0) is 31.4 Å². The number of carbonyl (C=O) groups is 1. The van der Waals surface area contributed by atoms with Crippen LogP contribution in [0, 0.1) is 12.8 Å². The van der Waals surface area contributed by atoms with Gasteiger partial charge in [-0.15, -0.1) is 0 Å². The number of ether oxygens (including phenoxy) is 1. The molecule has 1 aliphatic rings. The molecule has 0 aromatic carbocycles. The molecule has 1 saturated heterocycles. The summed E-state index contributed by atoms with van der Waals surface area (Å²) in [6.45, 7) is 2.53. The molecule has 4 heteroatoms. The Balaban J connectivity index is 2.23. The molecule has 86 valence electrons. The lowest BCUT2D eigenvalue weighted by Gasteiger charge is -2.28. The van der Waals surface area contributed by atoms with E-state index < -0.39 is 11.9 Å². The first-order chi connectivity index (χ1) is 7.68. The molecule has 4 nitrogen and oxygen atoms in total. The van der Waals surface area contributed by atoms with Gasteiger partial charge in [0.1, 0.15) is 0 Å². The number of aryl methyl sites for hydroxylation is 1. The molecular weight excluding hydrogens is 206 g/mol. The lowest BCUT2D eigenvalue weighted by Crippen LogP contribution is -2.28. The van der Waals surface area contributed by atoms with Gasteiger partial charge in [0.15, 0.2) is 0 Å². The van der Waals surface area contributed by atoms with Gasteiger partial charge >= 0.3 is 5.97 Å². The van der Waals surface area contributed by atoms with E-state index in [2.05, 4.69) is 4.98 Å². The van der Waals surface area contributed by atoms with Crippen molar-refractivity contribution in [1.29, 1.82) is 0 Å². The third-order valence-electron chi connectivity index (χ3n) is 2.90. The quantitative estimate of drug-likeness (QED) is 0.829. The molecule has 2 unspecified atom stereocenters. The summed E-state index contributed by atoms with van der Waals surface area (Å²) < 4.78 is 5.56. The first kappa shape index (κ1) is 11.1. The van der Waals surface area contributed by atoms with Crippen LogP contribution in [0.1, 0.15) is 30.2 Å². The summed E-state index contributed by atoms with van der Waals surface area (Å²) >= 11 is 0. The van der Waals surface area contributed by atoms with Crippen molar-refractivity contribution in [1.82, 2.24) is 4.98 Å². The highest BCUT2D eigenvalue weighted by Gasteiger charge is 2.32. The lowest BCUT2D eigenvalue weighted by molar-refractivity contribution is -0.151. The molecule has 1 N–H and O–H groups in total. The van der Waals surface area contributed by atoms with Gasteiger partial charge in [0.2, 0.25) is 0 Å². The minimum Gasteiger partial charge on any atom is -0.481 e. The summed E-state index contributed by atoms with van der Waals surface area (Å²) in [6, 6.07) is 3.78. The fraction of sp³-hybridized carbons (Fsp3) is 0.500. The third-order valence-corrected chi connectivity index (χ3v) is 2.90. The molecule has 0 saturated carbocycles. The van der Waals surface area contributed by atoms with E-state index in [-0.39, 0.29) is 6.10 Å². The number of aromatic nitrogens is 1. The molecule has 0 spiro atoms. The highest BCUT2D eigenvalue weighted by atomic mass is 16.5. The summed E-state index contributed by atoms with van der Waals surface area (Å²) in [5, 5.41) is 9.12. The lowest BCUT2D eigenvalue weighted by atomic mass is 9.90. The maximum atomic E-state index is 11.1. The number of hydrogen-bond donors (Lipinski definition) is 1. The first-order valence-corrected chi connectivity index (χ1v) is 5.45. The van der Waals surface area contributed by atoms with Crippen molar-refractivity contribution in [2.24, 2.45) is 5.92 Å². The topological polar surface area (TPSA) is 59.4 Å². The van der Waals surface area contributed by atoms with Crippen molar-refractivity contribution in [3.63, 3.8) is 0 Å². The average molecular weight is 221 g/mol. The van der Waals surface area contributed by atoms with Crippen LogP contribution in [0.15, 0.2) is 18.3 Å². The molecule has 1 aromatic rings. The van der Waals surface area contributed by atoms with Gasteiger partial charge in [0.25, 0.3) is 0 Å². The van der Waals surface area contributed by atoms with Gasteiger partial charge in [-0.25, -0.2) is 0 Å². The Kier molecular flexibility index (Phi) is 3.19. The summed E-state index contributed by atoms with van der Waals surface area (Å²) in [6.07, 6.45) is 2.85. The van der Waals surface area contributed by atoms with Crippen molar-refractivity contribution in [2.45, 2.75) is 25.9 Å². The van der Waals surface area contributed by atoms with Crippen LogP contribution >= 0.6 is 0 Å². The second-order valence-electron chi connectivity index (χ2n) is 4.11. The normalized spacial score (nSPS) is 25.3. The fourth-order valence-corrected chi connectivity index (χ4v) is 2.01. The van der Waals surface area contributed by atoms with Crippen LogP contribution in [-0.2, 0) is 9.53 Å². The molecule has 1 aromatic heterocycles. The molecule has 0 bridgehead atoms. The number of aliphatic carboxylic acids is 1. The van der Waals surface area contributed by atoms with Crippen molar-refractivity contribution < 1.29 is 14.6 Å². The molecule has 1 aliphatic heterocycles. The average Bonchev–Trinajstić information content (AvgIpc) is 2.30. The smallest absolute Gasteiger partial charge is 0.309 e. The Morgan fingerprint density at radius 3 is 3.00 bits per heavy atom. The number of rotatable bonds is 2. The summed E-state index contributed by atoms with van der Waals surface area (Å²) in [7, 11) is 0. The standard InChI is InChI=1S/C12H15NO3/c1-8-4-5-9(7-13-8)11-10(12(14)15)3-2-6-16-11/h4-5,7,10-11H,2-3,6H2,1H3,(H,14,15). The number of carboxylic acids is 1. The Morgan fingerprint density at radius 1 is 1.56 bits per heavy atom. The van der Waals surface area contributed by atoms with Crippen molar-refractivity contribution in [3.05, 3.63) is 29.6 Å². The first-order valence-electron chi connectivity index (χ1n) is 5.45. The van der Waals surface area contributed by atoms with E-state index in [1.807, 2.05) is 19.1 Å². The van der Waals surface area contributed by atoms with Crippen LogP contribution in [-0.4, -0.2) is 22.7 Å². The number of pyridine rings is 1. The van der Waals surface area contributed by atoms with E-state index in [9.17, 15) is 4.79 Å². The molecule has 2 heterocycles. The number of hydrogen-bond acceptors (Lipinski definition) is 3. The highest BCUT2D eigenvalue weighted by Crippen LogP contribution is 2.33. The number of nitrogens with zero attached hydrogens (tertiary/aromatic N) is 1. The van der Waals surface area contributed by atoms with E-state index >= 15 is 0 Å². The van der Waals surface area contributed by atoms with Crippen molar-refractivity contribution in [3.8, 4) is 0 Å². The van der Waals surface area contributed by atoms with E-state index in [4.69, 9.17) is 9.84 Å². The molecule has 0 aliphatic carbocycles. The molecular formula is C12H15NO3.